The Kier molecular flexibility index (Phi) is 4.58. The molecule has 0 saturated heterocycles. The lowest BCUT2D eigenvalue weighted by Crippen LogP contribution is -2.36. The first-order chi connectivity index (χ1) is 7.59. The molecule has 0 aliphatic rings. The van der Waals surface area contributed by atoms with E-state index in [0.29, 0.717) is 0 Å². The van der Waals surface area contributed by atoms with Crippen LogP contribution in [0.25, 0.3) is 6.08 Å². The molecule has 0 unspecified atom stereocenters. The molecule has 0 fully saturated rings. The number of hydrogen-bond donors (Lipinski definition) is 2. The molecule has 86 valence electrons. The van der Waals surface area contributed by atoms with Gasteiger partial charge in [0.15, 0.2) is 0 Å². The highest BCUT2D eigenvalue weighted by Crippen LogP contribution is 2.07. The molecule has 16 heavy (non-hydrogen) atoms. The van der Waals surface area contributed by atoms with Crippen LogP contribution in [-0.2, 0) is 0 Å². The van der Waals surface area contributed by atoms with E-state index in [1.165, 1.54) is 5.56 Å². The van der Waals surface area contributed by atoms with Gasteiger partial charge in [0.05, 0.1) is 0 Å². The summed E-state index contributed by atoms with van der Waals surface area (Å²) in [7, 11) is 0. The predicted octanol–water partition coefficient (Wildman–Crippen LogP) is 2.67. The summed E-state index contributed by atoms with van der Waals surface area (Å²) in [4.78, 5) is 11.3. The van der Waals surface area contributed by atoms with Crippen LogP contribution in [0.3, 0.4) is 0 Å². The largest absolute Gasteiger partial charge is 0.336 e. The van der Waals surface area contributed by atoms with E-state index in [9.17, 15) is 4.79 Å². The van der Waals surface area contributed by atoms with Gasteiger partial charge >= 0.3 is 6.03 Å². The number of nitrogens with one attached hydrogen (secondary N) is 2. The van der Waals surface area contributed by atoms with Gasteiger partial charge in [-0.3, -0.25) is 0 Å². The number of hydrogen-bond acceptors (Lipinski definition) is 1. The molecule has 0 heterocycles. The van der Waals surface area contributed by atoms with Gasteiger partial charge in [-0.2, -0.15) is 0 Å². The van der Waals surface area contributed by atoms with E-state index >= 15 is 0 Å². The van der Waals surface area contributed by atoms with E-state index in [-0.39, 0.29) is 12.1 Å². The maximum atomic E-state index is 11.3. The van der Waals surface area contributed by atoms with Gasteiger partial charge in [-0.05, 0) is 38.0 Å². The second-order valence-corrected chi connectivity index (χ2v) is 3.96. The van der Waals surface area contributed by atoms with Crippen molar-refractivity contribution >= 4 is 12.1 Å². The Morgan fingerprint density at radius 1 is 1.31 bits per heavy atom. The zero-order valence-corrected chi connectivity index (χ0v) is 9.95. The van der Waals surface area contributed by atoms with Gasteiger partial charge in [-0.1, -0.05) is 24.3 Å². The number of carbonyl (C=O) groups is 1. The lowest BCUT2D eigenvalue weighted by Gasteiger charge is -2.07. The molecule has 1 aromatic carbocycles. The Balaban J connectivity index is 2.49. The minimum Gasteiger partial charge on any atom is -0.336 e. The number of amides is 2. The number of rotatable bonds is 3. The first-order valence-electron chi connectivity index (χ1n) is 5.39. The number of urea groups is 1. The van der Waals surface area contributed by atoms with E-state index in [1.807, 2.05) is 51.1 Å². The Morgan fingerprint density at radius 2 is 2.00 bits per heavy atom. The summed E-state index contributed by atoms with van der Waals surface area (Å²) in [6.45, 7) is 5.88. The van der Waals surface area contributed by atoms with Crippen LogP contribution in [0.5, 0.6) is 0 Å². The van der Waals surface area contributed by atoms with E-state index in [1.54, 1.807) is 6.20 Å². The van der Waals surface area contributed by atoms with Crippen molar-refractivity contribution in [1.29, 1.82) is 0 Å². The van der Waals surface area contributed by atoms with Crippen molar-refractivity contribution in [3.63, 3.8) is 0 Å². The lowest BCUT2D eigenvalue weighted by molar-refractivity contribution is 0.242. The molecule has 0 saturated carbocycles. The summed E-state index contributed by atoms with van der Waals surface area (Å²) in [5.41, 5.74) is 2.29. The van der Waals surface area contributed by atoms with Gasteiger partial charge in [0.1, 0.15) is 0 Å². The number of carbonyl (C=O) groups excluding carboxylic acids is 1. The predicted molar refractivity (Wildman–Crippen MR) is 67.0 cm³/mol. The van der Waals surface area contributed by atoms with E-state index in [4.69, 9.17) is 0 Å². The summed E-state index contributed by atoms with van der Waals surface area (Å²) in [6, 6.07) is 7.97. The summed E-state index contributed by atoms with van der Waals surface area (Å²) in [6.07, 6.45) is 3.54. The fourth-order valence-corrected chi connectivity index (χ4v) is 1.28. The van der Waals surface area contributed by atoms with Crippen LogP contribution < -0.4 is 10.6 Å². The molecule has 1 aromatic rings. The average molecular weight is 218 g/mol. The van der Waals surface area contributed by atoms with Crippen molar-refractivity contribution in [1.82, 2.24) is 10.6 Å². The molecule has 3 nitrogen and oxygen atoms in total. The molecule has 0 aliphatic heterocycles. The molecule has 0 spiro atoms. The SMILES string of the molecule is Cc1ccccc1/C=C/NC(=O)NC(C)C. The van der Waals surface area contributed by atoms with Crippen molar-refractivity contribution in [3.05, 3.63) is 41.6 Å². The van der Waals surface area contributed by atoms with Crippen molar-refractivity contribution < 1.29 is 4.79 Å². The Labute approximate surface area is 96.6 Å². The molecule has 0 atom stereocenters. The molecule has 0 radical (unpaired) electrons. The molecule has 0 aromatic heterocycles. The van der Waals surface area contributed by atoms with E-state index in [0.717, 1.165) is 5.56 Å². The third-order valence-corrected chi connectivity index (χ3v) is 2.09. The maximum Gasteiger partial charge on any atom is 0.318 e. The molecule has 2 N–H and O–H groups in total. The Morgan fingerprint density at radius 3 is 2.62 bits per heavy atom. The normalized spacial score (nSPS) is 10.8. The maximum absolute atomic E-state index is 11.3. The van der Waals surface area contributed by atoms with Crippen LogP contribution in [0.15, 0.2) is 30.5 Å². The number of benzene rings is 1. The minimum atomic E-state index is -0.181. The van der Waals surface area contributed by atoms with Crippen LogP contribution in [0.4, 0.5) is 4.79 Å². The number of aryl methyl sites for hydroxylation is 1. The van der Waals surface area contributed by atoms with E-state index < -0.39 is 0 Å². The fraction of sp³-hybridized carbons (Fsp3) is 0.308. The third-order valence-electron chi connectivity index (χ3n) is 2.09. The van der Waals surface area contributed by atoms with Gasteiger partial charge in [0, 0.05) is 12.2 Å². The van der Waals surface area contributed by atoms with Crippen molar-refractivity contribution in [2.45, 2.75) is 26.8 Å². The first-order valence-corrected chi connectivity index (χ1v) is 5.39. The fourth-order valence-electron chi connectivity index (χ4n) is 1.28. The minimum absolute atomic E-state index is 0.145. The second kappa shape index (κ2) is 5.95. The third kappa shape index (κ3) is 4.17. The lowest BCUT2D eigenvalue weighted by atomic mass is 10.1. The highest BCUT2D eigenvalue weighted by atomic mass is 16.2. The Hall–Kier alpha value is -1.77. The highest BCUT2D eigenvalue weighted by Gasteiger charge is 1.98. The van der Waals surface area contributed by atoms with Gasteiger partial charge in [0.25, 0.3) is 0 Å². The quantitative estimate of drug-likeness (QED) is 0.804. The van der Waals surface area contributed by atoms with Crippen LogP contribution in [-0.4, -0.2) is 12.1 Å². The Bertz CT molecular complexity index is 383. The van der Waals surface area contributed by atoms with Gasteiger partial charge in [0.2, 0.25) is 0 Å². The van der Waals surface area contributed by atoms with Gasteiger partial charge in [-0.25, -0.2) is 4.79 Å². The zero-order valence-electron chi connectivity index (χ0n) is 9.95. The molecule has 3 heteroatoms. The molecule has 1 rings (SSSR count). The molecule has 0 bridgehead atoms. The molecular weight excluding hydrogens is 200 g/mol. The van der Waals surface area contributed by atoms with Crippen molar-refractivity contribution in [2.24, 2.45) is 0 Å². The molecular formula is C13H18N2O. The molecule has 0 aliphatic carbocycles. The summed E-state index contributed by atoms with van der Waals surface area (Å²) in [5.74, 6) is 0. The summed E-state index contributed by atoms with van der Waals surface area (Å²) in [5, 5.41) is 5.40. The van der Waals surface area contributed by atoms with Crippen molar-refractivity contribution in [2.75, 3.05) is 0 Å². The second-order valence-electron chi connectivity index (χ2n) is 3.96. The van der Waals surface area contributed by atoms with Crippen LogP contribution in [0, 0.1) is 6.92 Å². The summed E-state index contributed by atoms with van der Waals surface area (Å²) < 4.78 is 0. The van der Waals surface area contributed by atoms with Gasteiger partial charge < -0.3 is 10.6 Å². The monoisotopic (exact) mass is 218 g/mol. The van der Waals surface area contributed by atoms with Crippen LogP contribution in [0.2, 0.25) is 0 Å². The average Bonchev–Trinajstić information content (AvgIpc) is 2.19. The first kappa shape index (κ1) is 12.3. The van der Waals surface area contributed by atoms with Crippen molar-refractivity contribution in [3.8, 4) is 0 Å². The standard InChI is InChI=1S/C13H18N2O/c1-10(2)15-13(16)14-9-8-12-7-5-4-6-11(12)3/h4-10H,1-3H3,(H2,14,15,16)/b9-8+. The molecule has 2 amide bonds. The zero-order chi connectivity index (χ0) is 12.0. The van der Waals surface area contributed by atoms with Gasteiger partial charge in [-0.15, -0.1) is 0 Å². The highest BCUT2D eigenvalue weighted by molar-refractivity contribution is 5.76. The topological polar surface area (TPSA) is 41.1 Å². The van der Waals surface area contributed by atoms with E-state index in [2.05, 4.69) is 10.6 Å². The van der Waals surface area contributed by atoms with Crippen LogP contribution in [0.1, 0.15) is 25.0 Å². The summed E-state index contributed by atoms with van der Waals surface area (Å²) >= 11 is 0. The smallest absolute Gasteiger partial charge is 0.318 e. The van der Waals surface area contributed by atoms with Crippen LogP contribution >= 0.6 is 0 Å².